The molecular formula is C20H27BrN2. The van der Waals surface area contributed by atoms with Gasteiger partial charge < -0.3 is 4.90 Å². The molecule has 2 aliphatic rings. The number of hydrogen-bond acceptors (Lipinski definition) is 2. The fourth-order valence-corrected chi connectivity index (χ4v) is 4.67. The molecule has 1 aromatic carbocycles. The Morgan fingerprint density at radius 1 is 1.48 bits per heavy atom. The third kappa shape index (κ3) is 2.40. The van der Waals surface area contributed by atoms with E-state index < -0.39 is 0 Å². The smallest absolute Gasteiger partial charge is 0.0906 e. The van der Waals surface area contributed by atoms with Crippen molar-refractivity contribution in [2.24, 2.45) is 5.41 Å². The van der Waals surface area contributed by atoms with Crippen molar-refractivity contribution in [2.45, 2.75) is 45.7 Å². The van der Waals surface area contributed by atoms with Crippen LogP contribution in [0.2, 0.25) is 0 Å². The Kier molecular flexibility index (Phi) is 4.22. The van der Waals surface area contributed by atoms with Crippen LogP contribution >= 0.6 is 15.9 Å². The van der Waals surface area contributed by atoms with Crippen molar-refractivity contribution in [2.75, 3.05) is 18.0 Å². The van der Waals surface area contributed by atoms with E-state index in [1.54, 1.807) is 0 Å². The highest BCUT2D eigenvalue weighted by molar-refractivity contribution is 9.10. The molecule has 0 bridgehead atoms. The first-order chi connectivity index (χ1) is 10.8. The van der Waals surface area contributed by atoms with E-state index in [9.17, 15) is 0 Å². The van der Waals surface area contributed by atoms with Crippen molar-refractivity contribution in [1.82, 2.24) is 5.32 Å². The Labute approximate surface area is 148 Å². The van der Waals surface area contributed by atoms with Crippen LogP contribution in [0.4, 0.5) is 5.69 Å². The molecule has 2 atom stereocenters. The van der Waals surface area contributed by atoms with Gasteiger partial charge in [-0.1, -0.05) is 53.6 Å². The van der Waals surface area contributed by atoms with Crippen LogP contribution in [0.25, 0.3) is 0 Å². The number of fused-ring (bicyclic) bond motifs is 3. The average Bonchev–Trinajstić information content (AvgIpc) is 3.02. The van der Waals surface area contributed by atoms with Crippen molar-refractivity contribution in [3.63, 3.8) is 0 Å². The van der Waals surface area contributed by atoms with Crippen LogP contribution in [0, 0.1) is 5.41 Å². The first-order valence-corrected chi connectivity index (χ1v) is 9.20. The third-order valence-electron chi connectivity index (χ3n) is 5.74. The summed E-state index contributed by atoms with van der Waals surface area (Å²) < 4.78 is 1.14. The van der Waals surface area contributed by atoms with Crippen LogP contribution in [0.3, 0.4) is 0 Å². The Balaban J connectivity index is 2.18. The van der Waals surface area contributed by atoms with E-state index in [1.165, 1.54) is 16.8 Å². The monoisotopic (exact) mass is 374 g/mol. The van der Waals surface area contributed by atoms with Gasteiger partial charge in [0, 0.05) is 22.1 Å². The molecule has 3 heteroatoms. The number of nitrogens with one attached hydrogen (secondary N) is 1. The third-order valence-corrected chi connectivity index (χ3v) is 6.23. The van der Waals surface area contributed by atoms with E-state index in [1.807, 2.05) is 0 Å². The molecule has 1 N–H and O–H groups in total. The topological polar surface area (TPSA) is 15.3 Å². The van der Waals surface area contributed by atoms with Crippen LogP contribution in [0.15, 0.2) is 47.0 Å². The van der Waals surface area contributed by atoms with E-state index in [2.05, 4.69) is 90.8 Å². The number of hydrogen-bond donors (Lipinski definition) is 1. The number of nitrogens with zero attached hydrogens (tertiary/aromatic N) is 1. The molecule has 1 saturated heterocycles. The Bertz CT molecular complexity index is 658. The van der Waals surface area contributed by atoms with Gasteiger partial charge in [-0.15, -0.1) is 6.58 Å². The van der Waals surface area contributed by atoms with E-state index >= 15 is 0 Å². The van der Waals surface area contributed by atoms with Crippen LogP contribution in [-0.4, -0.2) is 19.3 Å². The molecule has 23 heavy (non-hydrogen) atoms. The highest BCUT2D eigenvalue weighted by Gasteiger charge is 2.59. The van der Waals surface area contributed by atoms with Gasteiger partial charge in [0.1, 0.15) is 0 Å². The predicted octanol–water partition coefficient (Wildman–Crippen LogP) is 5.00. The number of benzene rings is 1. The quantitative estimate of drug-likeness (QED) is 0.745. The summed E-state index contributed by atoms with van der Waals surface area (Å²) in [4.78, 5) is 2.53. The van der Waals surface area contributed by atoms with Gasteiger partial charge in [0.2, 0.25) is 0 Å². The summed E-state index contributed by atoms with van der Waals surface area (Å²) in [5.41, 5.74) is 4.29. The lowest BCUT2D eigenvalue weighted by Crippen LogP contribution is -2.53. The van der Waals surface area contributed by atoms with Gasteiger partial charge in [-0.05, 0) is 49.9 Å². The molecule has 124 valence electrons. The first kappa shape index (κ1) is 16.8. The lowest BCUT2D eigenvalue weighted by Gasteiger charge is -2.44. The number of allylic oxidation sites excluding steroid dienone is 2. The van der Waals surface area contributed by atoms with Crippen LogP contribution in [-0.2, 0) is 5.41 Å². The lowest BCUT2D eigenvalue weighted by molar-refractivity contribution is 0.206. The average molecular weight is 375 g/mol. The molecule has 0 radical (unpaired) electrons. The second-order valence-corrected chi connectivity index (χ2v) is 8.51. The largest absolute Gasteiger partial charge is 0.351 e. The van der Waals surface area contributed by atoms with Crippen molar-refractivity contribution >= 4 is 21.6 Å². The molecule has 0 spiro atoms. The Hall–Kier alpha value is -1.06. The van der Waals surface area contributed by atoms with Crippen LogP contribution in [0.5, 0.6) is 0 Å². The van der Waals surface area contributed by atoms with Gasteiger partial charge in [0.15, 0.2) is 0 Å². The van der Waals surface area contributed by atoms with Gasteiger partial charge >= 0.3 is 0 Å². The lowest BCUT2D eigenvalue weighted by atomic mass is 9.61. The molecule has 0 amide bonds. The van der Waals surface area contributed by atoms with Gasteiger partial charge in [-0.25, -0.2) is 0 Å². The molecule has 0 aliphatic carbocycles. The number of rotatable bonds is 4. The van der Waals surface area contributed by atoms with Gasteiger partial charge in [-0.2, -0.15) is 0 Å². The molecular weight excluding hydrogens is 348 g/mol. The SMILES string of the molecule is C=CC(C)(C)[C@@]12CCN[C@@H]1N(CC=C(C)C)c1cc(Br)ccc12. The maximum Gasteiger partial charge on any atom is 0.0906 e. The van der Waals surface area contributed by atoms with Crippen molar-refractivity contribution in [1.29, 1.82) is 0 Å². The fraction of sp³-hybridized carbons (Fsp3) is 0.500. The molecule has 0 aromatic heterocycles. The summed E-state index contributed by atoms with van der Waals surface area (Å²) >= 11 is 3.65. The Morgan fingerprint density at radius 3 is 2.87 bits per heavy atom. The summed E-state index contributed by atoms with van der Waals surface area (Å²) in [6, 6.07) is 6.77. The highest BCUT2D eigenvalue weighted by Crippen LogP contribution is 2.58. The summed E-state index contributed by atoms with van der Waals surface area (Å²) in [6.45, 7) is 15.1. The van der Waals surface area contributed by atoms with Crippen LogP contribution < -0.4 is 10.2 Å². The second kappa shape index (κ2) is 5.78. The van der Waals surface area contributed by atoms with Crippen molar-refractivity contribution in [3.05, 3.63) is 52.5 Å². The number of halogens is 1. The molecule has 2 heterocycles. The van der Waals surface area contributed by atoms with Crippen molar-refractivity contribution < 1.29 is 0 Å². The summed E-state index contributed by atoms with van der Waals surface area (Å²) in [5.74, 6) is 0. The molecule has 3 rings (SSSR count). The summed E-state index contributed by atoms with van der Waals surface area (Å²) in [7, 11) is 0. The molecule has 0 unspecified atom stereocenters. The Morgan fingerprint density at radius 2 is 2.22 bits per heavy atom. The van der Waals surface area contributed by atoms with Gasteiger partial charge in [0.25, 0.3) is 0 Å². The van der Waals surface area contributed by atoms with Crippen molar-refractivity contribution in [3.8, 4) is 0 Å². The van der Waals surface area contributed by atoms with E-state index in [4.69, 9.17) is 0 Å². The van der Waals surface area contributed by atoms with E-state index in [-0.39, 0.29) is 10.8 Å². The zero-order valence-electron chi connectivity index (χ0n) is 14.6. The highest BCUT2D eigenvalue weighted by atomic mass is 79.9. The molecule has 2 nitrogen and oxygen atoms in total. The first-order valence-electron chi connectivity index (χ1n) is 8.40. The maximum atomic E-state index is 4.15. The second-order valence-electron chi connectivity index (χ2n) is 7.60. The predicted molar refractivity (Wildman–Crippen MR) is 103 cm³/mol. The fourth-order valence-electron chi connectivity index (χ4n) is 4.32. The summed E-state index contributed by atoms with van der Waals surface area (Å²) in [5, 5.41) is 3.77. The molecule has 1 aromatic rings. The molecule has 0 saturated carbocycles. The zero-order chi connectivity index (χ0) is 16.8. The van der Waals surface area contributed by atoms with E-state index in [0.717, 1.165) is 24.0 Å². The number of anilines is 1. The minimum atomic E-state index is 0.0312. The molecule has 2 aliphatic heterocycles. The van der Waals surface area contributed by atoms with Gasteiger partial charge in [0.05, 0.1) is 6.17 Å². The minimum absolute atomic E-state index is 0.0312. The standard InChI is InChI=1S/C20H27BrN2/c1-6-19(4,5)20-10-11-22-18(20)23(12-9-14(2)3)17-13-15(21)7-8-16(17)20/h6-9,13,18,22H,1,10-12H2,2-5H3/t18-,20-/m1/s1. The minimum Gasteiger partial charge on any atom is -0.351 e. The van der Waals surface area contributed by atoms with E-state index in [0.29, 0.717) is 6.17 Å². The van der Waals surface area contributed by atoms with Gasteiger partial charge in [-0.3, -0.25) is 5.32 Å². The maximum absolute atomic E-state index is 4.15. The normalized spacial score (nSPS) is 26.0. The zero-order valence-corrected chi connectivity index (χ0v) is 16.2. The van der Waals surface area contributed by atoms with Crippen LogP contribution in [0.1, 0.15) is 39.7 Å². The molecule has 1 fully saturated rings. The summed E-state index contributed by atoms with van der Waals surface area (Å²) in [6.07, 6.45) is 5.94.